The van der Waals surface area contributed by atoms with E-state index in [9.17, 15) is 0 Å². The Balaban J connectivity index is 1.76. The maximum atomic E-state index is 5.98. The maximum Gasteiger partial charge on any atom is 0.238 e. The predicted octanol–water partition coefficient (Wildman–Crippen LogP) is 1.91. The van der Waals surface area contributed by atoms with Crippen LogP contribution in [0.2, 0.25) is 0 Å². The molecule has 1 saturated carbocycles. The first-order valence-electron chi connectivity index (χ1n) is 6.84. The Morgan fingerprint density at radius 3 is 2.84 bits per heavy atom. The minimum atomic E-state index is 0.144. The van der Waals surface area contributed by atoms with Gasteiger partial charge in [-0.1, -0.05) is 24.4 Å². The number of aromatic amines is 1. The van der Waals surface area contributed by atoms with Gasteiger partial charge in [0.2, 0.25) is 11.7 Å². The molecule has 0 amide bonds. The fourth-order valence-electron chi connectivity index (χ4n) is 2.89. The summed E-state index contributed by atoms with van der Waals surface area (Å²) in [4.78, 5) is 11.5. The van der Waals surface area contributed by atoms with E-state index in [0.717, 1.165) is 19.3 Å². The highest BCUT2D eigenvalue weighted by Gasteiger charge is 2.33. The molecule has 0 radical (unpaired) electrons. The lowest BCUT2D eigenvalue weighted by Gasteiger charge is -2.34. The van der Waals surface area contributed by atoms with E-state index < -0.39 is 0 Å². The molecule has 1 fully saturated rings. The molecule has 0 atom stereocenters. The van der Waals surface area contributed by atoms with Gasteiger partial charge in [0.15, 0.2) is 5.82 Å². The third-order valence-corrected chi connectivity index (χ3v) is 4.05. The molecule has 0 aromatic carbocycles. The number of aromatic nitrogens is 4. The molecule has 0 saturated heterocycles. The molecular formula is C13H19N5O. The second-order valence-corrected chi connectivity index (χ2v) is 5.39. The maximum absolute atomic E-state index is 5.98. The molecule has 1 aliphatic carbocycles. The fourth-order valence-corrected chi connectivity index (χ4v) is 2.89. The van der Waals surface area contributed by atoms with Gasteiger partial charge in [0.05, 0.1) is 0 Å². The van der Waals surface area contributed by atoms with Crippen LogP contribution >= 0.6 is 0 Å². The van der Waals surface area contributed by atoms with Gasteiger partial charge in [-0.3, -0.25) is 0 Å². The largest absolute Gasteiger partial charge is 0.342 e. The van der Waals surface area contributed by atoms with Gasteiger partial charge in [0, 0.05) is 18.8 Å². The first kappa shape index (κ1) is 12.3. The van der Waals surface area contributed by atoms with Crippen molar-refractivity contribution in [3.63, 3.8) is 0 Å². The van der Waals surface area contributed by atoms with E-state index in [2.05, 4.69) is 20.1 Å². The minimum Gasteiger partial charge on any atom is -0.342 e. The van der Waals surface area contributed by atoms with Crippen LogP contribution in [-0.4, -0.2) is 26.7 Å². The van der Waals surface area contributed by atoms with E-state index in [4.69, 9.17) is 10.3 Å². The SMILES string of the molecule is NCC1(Cc2nc(-c3ncc[nH]3)no2)CCCCC1. The van der Waals surface area contributed by atoms with Crippen molar-refractivity contribution in [1.82, 2.24) is 20.1 Å². The third-order valence-electron chi connectivity index (χ3n) is 4.05. The molecule has 0 bridgehead atoms. The summed E-state index contributed by atoms with van der Waals surface area (Å²) in [6.45, 7) is 0.686. The summed E-state index contributed by atoms with van der Waals surface area (Å²) in [6, 6.07) is 0. The van der Waals surface area contributed by atoms with E-state index in [1.807, 2.05) is 0 Å². The van der Waals surface area contributed by atoms with Crippen molar-refractivity contribution in [2.24, 2.45) is 11.1 Å². The Morgan fingerprint density at radius 2 is 2.16 bits per heavy atom. The number of hydrogen-bond acceptors (Lipinski definition) is 5. The molecule has 19 heavy (non-hydrogen) atoms. The molecule has 0 aliphatic heterocycles. The summed E-state index contributed by atoms with van der Waals surface area (Å²) in [5.74, 6) is 1.82. The Morgan fingerprint density at radius 1 is 1.32 bits per heavy atom. The Bertz CT molecular complexity index is 513. The number of nitrogens with zero attached hydrogens (tertiary/aromatic N) is 3. The molecule has 6 nitrogen and oxygen atoms in total. The lowest BCUT2D eigenvalue weighted by atomic mass is 9.72. The zero-order valence-corrected chi connectivity index (χ0v) is 10.9. The molecule has 2 heterocycles. The molecule has 102 valence electrons. The van der Waals surface area contributed by atoms with Crippen molar-refractivity contribution in [3.8, 4) is 11.6 Å². The van der Waals surface area contributed by atoms with E-state index in [1.54, 1.807) is 12.4 Å². The van der Waals surface area contributed by atoms with Crippen LogP contribution in [0, 0.1) is 5.41 Å². The topological polar surface area (TPSA) is 93.6 Å². The highest BCUT2D eigenvalue weighted by Crippen LogP contribution is 2.38. The summed E-state index contributed by atoms with van der Waals surface area (Å²) in [5.41, 5.74) is 6.12. The molecule has 0 unspecified atom stereocenters. The highest BCUT2D eigenvalue weighted by atomic mass is 16.5. The van der Waals surface area contributed by atoms with Crippen molar-refractivity contribution in [2.45, 2.75) is 38.5 Å². The van der Waals surface area contributed by atoms with Gasteiger partial charge >= 0.3 is 0 Å². The van der Waals surface area contributed by atoms with Gasteiger partial charge < -0.3 is 15.2 Å². The van der Waals surface area contributed by atoms with E-state index in [-0.39, 0.29) is 5.41 Å². The average Bonchev–Trinajstić information content (AvgIpc) is 3.10. The molecule has 1 aliphatic rings. The van der Waals surface area contributed by atoms with Crippen LogP contribution in [0.15, 0.2) is 16.9 Å². The Labute approximate surface area is 111 Å². The van der Waals surface area contributed by atoms with Crippen molar-refractivity contribution < 1.29 is 4.52 Å². The summed E-state index contributed by atoms with van der Waals surface area (Å²) in [5, 5.41) is 3.97. The number of imidazole rings is 1. The summed E-state index contributed by atoms with van der Waals surface area (Å²) in [7, 11) is 0. The smallest absolute Gasteiger partial charge is 0.238 e. The first-order valence-corrected chi connectivity index (χ1v) is 6.84. The van der Waals surface area contributed by atoms with Gasteiger partial charge in [0.25, 0.3) is 0 Å². The summed E-state index contributed by atoms with van der Waals surface area (Å²) >= 11 is 0. The van der Waals surface area contributed by atoms with Gasteiger partial charge in [-0.05, 0) is 24.8 Å². The number of hydrogen-bond donors (Lipinski definition) is 2. The standard InChI is InChI=1S/C13H19N5O/c14-9-13(4-2-1-3-5-13)8-10-17-12(18-19-10)11-15-6-7-16-11/h6-7H,1-5,8-9,14H2,(H,15,16). The van der Waals surface area contributed by atoms with Crippen molar-refractivity contribution in [1.29, 1.82) is 0 Å². The fraction of sp³-hybridized carbons (Fsp3) is 0.615. The first-order chi connectivity index (χ1) is 9.31. The Hall–Kier alpha value is -1.69. The van der Waals surface area contributed by atoms with E-state index in [1.165, 1.54) is 19.3 Å². The van der Waals surface area contributed by atoms with E-state index in [0.29, 0.717) is 24.1 Å². The quantitative estimate of drug-likeness (QED) is 0.876. The molecular weight excluding hydrogens is 242 g/mol. The van der Waals surface area contributed by atoms with Crippen LogP contribution in [0.25, 0.3) is 11.6 Å². The number of nitrogens with one attached hydrogen (secondary N) is 1. The van der Waals surface area contributed by atoms with Crippen LogP contribution in [0.1, 0.15) is 38.0 Å². The number of nitrogens with two attached hydrogens (primary N) is 1. The molecule has 2 aromatic rings. The normalized spacial score (nSPS) is 18.6. The lowest BCUT2D eigenvalue weighted by molar-refractivity contribution is 0.177. The second kappa shape index (κ2) is 5.13. The summed E-state index contributed by atoms with van der Waals surface area (Å²) in [6.07, 6.45) is 10.3. The molecule has 2 aromatic heterocycles. The molecule has 0 spiro atoms. The third kappa shape index (κ3) is 2.53. The zero-order chi connectivity index (χ0) is 13.1. The van der Waals surface area contributed by atoms with Crippen LogP contribution in [-0.2, 0) is 6.42 Å². The average molecular weight is 261 g/mol. The highest BCUT2D eigenvalue weighted by molar-refractivity contribution is 5.40. The van der Waals surface area contributed by atoms with Crippen molar-refractivity contribution >= 4 is 0 Å². The molecule has 6 heteroatoms. The minimum absolute atomic E-state index is 0.144. The second-order valence-electron chi connectivity index (χ2n) is 5.39. The number of H-pyrrole nitrogens is 1. The Kier molecular flexibility index (Phi) is 3.33. The monoisotopic (exact) mass is 261 g/mol. The van der Waals surface area contributed by atoms with Gasteiger partial charge in [-0.15, -0.1) is 0 Å². The van der Waals surface area contributed by atoms with Gasteiger partial charge in [-0.2, -0.15) is 4.98 Å². The van der Waals surface area contributed by atoms with Crippen LogP contribution in [0.4, 0.5) is 0 Å². The van der Waals surface area contributed by atoms with Crippen LogP contribution in [0.3, 0.4) is 0 Å². The molecule has 3 N–H and O–H groups in total. The number of rotatable bonds is 4. The van der Waals surface area contributed by atoms with Crippen molar-refractivity contribution in [2.75, 3.05) is 6.54 Å². The zero-order valence-electron chi connectivity index (χ0n) is 10.9. The molecule has 3 rings (SSSR count). The van der Waals surface area contributed by atoms with E-state index >= 15 is 0 Å². The van der Waals surface area contributed by atoms with Crippen LogP contribution in [0.5, 0.6) is 0 Å². The van der Waals surface area contributed by atoms with Crippen LogP contribution < -0.4 is 5.73 Å². The lowest BCUT2D eigenvalue weighted by Crippen LogP contribution is -2.35. The predicted molar refractivity (Wildman–Crippen MR) is 70.2 cm³/mol. The summed E-state index contributed by atoms with van der Waals surface area (Å²) < 4.78 is 5.34. The van der Waals surface area contributed by atoms with Crippen molar-refractivity contribution in [3.05, 3.63) is 18.3 Å². The van der Waals surface area contributed by atoms with Gasteiger partial charge in [0.1, 0.15) is 0 Å². The van der Waals surface area contributed by atoms with Gasteiger partial charge in [-0.25, -0.2) is 4.98 Å².